The van der Waals surface area contributed by atoms with E-state index in [0.717, 1.165) is 0 Å². The first-order valence-electron chi connectivity index (χ1n) is 4.74. The van der Waals surface area contributed by atoms with E-state index >= 15 is 0 Å². The van der Waals surface area contributed by atoms with Crippen LogP contribution in [0.4, 0.5) is 5.69 Å². The molecule has 0 aliphatic carbocycles. The predicted octanol–water partition coefficient (Wildman–Crippen LogP) is 2.61. The molecule has 0 bridgehead atoms. The van der Waals surface area contributed by atoms with Crippen LogP contribution in [0, 0.1) is 10.1 Å². The fraction of sp³-hybridized carbons (Fsp3) is 0.273. The summed E-state index contributed by atoms with van der Waals surface area (Å²) in [4.78, 5) is 10.4. The fourth-order valence-corrected chi connectivity index (χ4v) is 1.28. The molecular formula is C11H13NO4. The third-order valence-electron chi connectivity index (χ3n) is 2.02. The Kier molecular flexibility index (Phi) is 3.88. The normalized spacial score (nSPS) is 9.62. The topological polar surface area (TPSA) is 61.6 Å². The second-order valence-electron chi connectivity index (χ2n) is 3.00. The molecule has 0 spiro atoms. The Labute approximate surface area is 93.4 Å². The van der Waals surface area contributed by atoms with Crippen LogP contribution in [0.15, 0.2) is 24.8 Å². The number of hydrogen-bond donors (Lipinski definition) is 0. The second kappa shape index (κ2) is 5.16. The standard InChI is InChI=1S/C11H13NO4/c1-4-16-8(2)10-6-5-9(15-3)7-11(10)12(13)14/h5-7H,2,4H2,1,3H3. The zero-order valence-electron chi connectivity index (χ0n) is 9.23. The van der Waals surface area contributed by atoms with Crippen molar-refractivity contribution in [2.45, 2.75) is 6.92 Å². The van der Waals surface area contributed by atoms with Gasteiger partial charge in [0, 0.05) is 0 Å². The number of benzene rings is 1. The Morgan fingerprint density at radius 2 is 2.25 bits per heavy atom. The van der Waals surface area contributed by atoms with Gasteiger partial charge in [-0.3, -0.25) is 10.1 Å². The van der Waals surface area contributed by atoms with Crippen LogP contribution in [0.2, 0.25) is 0 Å². The Morgan fingerprint density at radius 3 is 2.75 bits per heavy atom. The van der Waals surface area contributed by atoms with Gasteiger partial charge in [-0.2, -0.15) is 0 Å². The predicted molar refractivity (Wildman–Crippen MR) is 60.3 cm³/mol. The Morgan fingerprint density at radius 1 is 1.56 bits per heavy atom. The van der Waals surface area contributed by atoms with Gasteiger partial charge in [-0.1, -0.05) is 6.58 Å². The number of ether oxygens (including phenoxy) is 2. The summed E-state index contributed by atoms with van der Waals surface area (Å²) in [5, 5.41) is 10.9. The van der Waals surface area contributed by atoms with E-state index in [9.17, 15) is 10.1 Å². The molecule has 16 heavy (non-hydrogen) atoms. The van der Waals surface area contributed by atoms with E-state index in [-0.39, 0.29) is 11.4 Å². The van der Waals surface area contributed by atoms with Gasteiger partial charge in [0.05, 0.1) is 30.3 Å². The molecule has 0 amide bonds. The van der Waals surface area contributed by atoms with Gasteiger partial charge in [-0.05, 0) is 19.1 Å². The third-order valence-corrected chi connectivity index (χ3v) is 2.02. The quantitative estimate of drug-likeness (QED) is 0.437. The monoisotopic (exact) mass is 223 g/mol. The molecule has 0 unspecified atom stereocenters. The van der Waals surface area contributed by atoms with Crippen molar-refractivity contribution in [3.8, 4) is 5.75 Å². The smallest absolute Gasteiger partial charge is 0.284 e. The first-order valence-corrected chi connectivity index (χ1v) is 4.74. The number of nitrogens with zero attached hydrogens (tertiary/aromatic N) is 1. The summed E-state index contributed by atoms with van der Waals surface area (Å²) in [7, 11) is 1.45. The number of nitro benzene ring substituents is 1. The van der Waals surface area contributed by atoms with Crippen molar-refractivity contribution in [1.82, 2.24) is 0 Å². The molecule has 0 radical (unpaired) electrons. The van der Waals surface area contributed by atoms with Crippen molar-refractivity contribution < 1.29 is 14.4 Å². The molecule has 0 saturated heterocycles. The van der Waals surface area contributed by atoms with Crippen molar-refractivity contribution in [2.24, 2.45) is 0 Å². The SMILES string of the molecule is C=C(OCC)c1ccc(OC)cc1[N+](=O)[O-]. The van der Waals surface area contributed by atoms with E-state index in [1.165, 1.54) is 13.2 Å². The zero-order valence-corrected chi connectivity index (χ0v) is 9.23. The molecule has 86 valence electrons. The van der Waals surface area contributed by atoms with Crippen LogP contribution < -0.4 is 4.74 Å². The summed E-state index contributed by atoms with van der Waals surface area (Å²) < 4.78 is 10.1. The maximum absolute atomic E-state index is 10.9. The molecule has 5 heteroatoms. The molecular weight excluding hydrogens is 210 g/mol. The van der Waals surface area contributed by atoms with Crippen LogP contribution in [0.3, 0.4) is 0 Å². The van der Waals surface area contributed by atoms with Crippen LogP contribution in [0.1, 0.15) is 12.5 Å². The molecule has 0 aliphatic rings. The minimum Gasteiger partial charge on any atom is -0.497 e. The summed E-state index contributed by atoms with van der Waals surface area (Å²) in [5.41, 5.74) is 0.297. The molecule has 0 atom stereocenters. The number of nitro groups is 1. The first-order chi connectivity index (χ1) is 7.60. The summed E-state index contributed by atoms with van der Waals surface area (Å²) >= 11 is 0. The lowest BCUT2D eigenvalue weighted by Gasteiger charge is -2.08. The van der Waals surface area contributed by atoms with Gasteiger partial charge in [-0.15, -0.1) is 0 Å². The molecule has 0 aliphatic heterocycles. The lowest BCUT2D eigenvalue weighted by Crippen LogP contribution is -1.98. The number of methoxy groups -OCH3 is 1. The van der Waals surface area contributed by atoms with Crippen LogP contribution in [-0.4, -0.2) is 18.6 Å². The molecule has 1 aromatic rings. The van der Waals surface area contributed by atoms with Gasteiger partial charge < -0.3 is 9.47 Å². The van der Waals surface area contributed by atoms with E-state index < -0.39 is 4.92 Å². The van der Waals surface area contributed by atoms with Gasteiger partial charge in [-0.25, -0.2) is 0 Å². The van der Waals surface area contributed by atoms with Crippen molar-refractivity contribution in [2.75, 3.05) is 13.7 Å². The van der Waals surface area contributed by atoms with Crippen molar-refractivity contribution in [3.63, 3.8) is 0 Å². The number of hydrogen-bond acceptors (Lipinski definition) is 4. The van der Waals surface area contributed by atoms with Gasteiger partial charge in [0.2, 0.25) is 0 Å². The Hall–Kier alpha value is -2.04. The van der Waals surface area contributed by atoms with E-state index in [2.05, 4.69) is 6.58 Å². The molecule has 1 rings (SSSR count). The van der Waals surface area contributed by atoms with Gasteiger partial charge in [0.15, 0.2) is 0 Å². The fourth-order valence-electron chi connectivity index (χ4n) is 1.28. The molecule has 0 N–H and O–H groups in total. The first kappa shape index (κ1) is 12.0. The van der Waals surface area contributed by atoms with E-state index in [1.807, 2.05) is 0 Å². The van der Waals surface area contributed by atoms with Gasteiger partial charge in [0.25, 0.3) is 5.69 Å². The Balaban J connectivity index is 3.17. The maximum Gasteiger partial charge on any atom is 0.284 e. The van der Waals surface area contributed by atoms with E-state index in [0.29, 0.717) is 17.9 Å². The van der Waals surface area contributed by atoms with E-state index in [4.69, 9.17) is 9.47 Å². The summed E-state index contributed by atoms with van der Waals surface area (Å²) in [6.45, 7) is 5.86. The van der Waals surface area contributed by atoms with Crippen LogP contribution in [-0.2, 0) is 4.74 Å². The second-order valence-corrected chi connectivity index (χ2v) is 3.00. The summed E-state index contributed by atoms with van der Waals surface area (Å²) in [5.74, 6) is 0.719. The average Bonchev–Trinajstić information content (AvgIpc) is 2.28. The minimum absolute atomic E-state index is 0.0715. The maximum atomic E-state index is 10.9. The molecule has 1 aromatic carbocycles. The van der Waals surface area contributed by atoms with Crippen molar-refractivity contribution >= 4 is 11.4 Å². The number of rotatable bonds is 5. The van der Waals surface area contributed by atoms with Crippen LogP contribution in [0.5, 0.6) is 5.75 Å². The molecule has 5 nitrogen and oxygen atoms in total. The van der Waals surface area contributed by atoms with E-state index in [1.54, 1.807) is 19.1 Å². The average molecular weight is 223 g/mol. The lowest BCUT2D eigenvalue weighted by molar-refractivity contribution is -0.385. The molecule has 0 fully saturated rings. The van der Waals surface area contributed by atoms with Crippen molar-refractivity contribution in [1.29, 1.82) is 0 Å². The highest BCUT2D eigenvalue weighted by Gasteiger charge is 2.17. The molecule has 0 aromatic heterocycles. The van der Waals surface area contributed by atoms with Gasteiger partial charge in [0.1, 0.15) is 11.5 Å². The van der Waals surface area contributed by atoms with Crippen LogP contribution in [0.25, 0.3) is 5.76 Å². The molecule has 0 saturated carbocycles. The van der Waals surface area contributed by atoms with Crippen LogP contribution >= 0.6 is 0 Å². The van der Waals surface area contributed by atoms with Crippen molar-refractivity contribution in [3.05, 3.63) is 40.5 Å². The highest BCUT2D eigenvalue weighted by Crippen LogP contribution is 2.29. The third kappa shape index (κ3) is 2.50. The largest absolute Gasteiger partial charge is 0.497 e. The highest BCUT2D eigenvalue weighted by molar-refractivity contribution is 5.68. The highest BCUT2D eigenvalue weighted by atomic mass is 16.6. The molecule has 0 heterocycles. The summed E-state index contributed by atoms with van der Waals surface area (Å²) in [6.07, 6.45) is 0. The lowest BCUT2D eigenvalue weighted by atomic mass is 10.1. The minimum atomic E-state index is -0.484. The summed E-state index contributed by atoms with van der Waals surface area (Å²) in [6, 6.07) is 4.54. The Bertz CT molecular complexity index is 414. The van der Waals surface area contributed by atoms with Gasteiger partial charge >= 0.3 is 0 Å². The zero-order chi connectivity index (χ0) is 12.1.